The molecule has 0 radical (unpaired) electrons. The van der Waals surface area contributed by atoms with Crippen LogP contribution in [0.5, 0.6) is 0 Å². The summed E-state index contributed by atoms with van der Waals surface area (Å²) in [5.41, 5.74) is -0.0305. The first-order valence-corrected chi connectivity index (χ1v) is 23.3. The number of hydrogen-bond donors (Lipinski definition) is 4. The van der Waals surface area contributed by atoms with Crippen LogP contribution in [0, 0.1) is 34.8 Å². The number of benzene rings is 2. The SMILES string of the molecule is CSC(C)(C)C#Cc1ccc(-c2ccc(Cl)c3c(N(C(=O)OCCCN)[S+](C)[O-])nn(CC(F)(F)F)c23)c(C(Cc2cc(F)cc(F)c2)NC(=O)CNC2=C(C(=N)C(F)(F)F)[C@@H](C)CC2(F)F)n1. The molecule has 2 aromatic carbocycles. The lowest BCUT2D eigenvalue weighted by molar-refractivity contribution is -0.141. The Balaban J connectivity index is 1.78. The van der Waals surface area contributed by atoms with Gasteiger partial charge in [-0.05, 0) is 87.2 Å². The number of aromatic nitrogens is 3. The molecule has 2 heterocycles. The number of thioether (sulfide) groups is 1. The van der Waals surface area contributed by atoms with Gasteiger partial charge in [0.05, 0.1) is 62.6 Å². The number of alkyl halides is 8. The predicted molar refractivity (Wildman–Crippen MR) is 239 cm³/mol. The first kappa shape index (κ1) is 53.7. The van der Waals surface area contributed by atoms with E-state index in [0.29, 0.717) is 15.1 Å². The van der Waals surface area contributed by atoms with Crippen molar-refractivity contribution in [2.45, 2.75) is 75.6 Å². The lowest BCUT2D eigenvalue weighted by Gasteiger charge is -2.24. The summed E-state index contributed by atoms with van der Waals surface area (Å²) in [6.07, 6.45) is -10.3. The number of halogens is 11. The molecular weight excluding hydrogens is 982 g/mol. The number of allylic oxidation sites excluding steroid dienone is 2. The first-order chi connectivity index (χ1) is 31.6. The van der Waals surface area contributed by atoms with Crippen LogP contribution in [0.4, 0.5) is 54.5 Å². The second-order valence-corrected chi connectivity index (χ2v) is 19.0. The molecule has 2 aromatic heterocycles. The number of carbonyl (C=O) groups excluding carboxylic acids is 2. The van der Waals surface area contributed by atoms with Crippen molar-refractivity contribution in [2.75, 3.05) is 36.5 Å². The number of fused-ring (bicyclic) bond motifs is 1. The number of anilines is 1. The Morgan fingerprint density at radius 2 is 1.76 bits per heavy atom. The molecule has 368 valence electrons. The molecule has 2 unspecified atom stereocenters. The maximum absolute atomic E-state index is 15.2. The van der Waals surface area contributed by atoms with Crippen LogP contribution in [0.1, 0.15) is 56.6 Å². The molecule has 12 nitrogen and oxygen atoms in total. The molecule has 1 aliphatic carbocycles. The number of ether oxygens (including phenoxy) is 1. The van der Waals surface area contributed by atoms with Crippen molar-refractivity contribution in [3.8, 4) is 23.0 Å². The smallest absolute Gasteiger partial charge is 0.458 e. The monoisotopic (exact) mass is 1020 g/mol. The van der Waals surface area contributed by atoms with Crippen LogP contribution in [-0.2, 0) is 33.9 Å². The maximum Gasteiger partial charge on any atom is 0.458 e. The van der Waals surface area contributed by atoms with Crippen LogP contribution in [0.3, 0.4) is 0 Å². The number of nitrogens with zero attached hydrogens (tertiary/aromatic N) is 4. The standard InChI is InChI=1S/C43H43ClF10N8O4S2/c1-22-19-41(47,48)37(32(22)36(56)43(52,53)54)57-20-31(63)59-30(17-23-15-24(45)18-25(46)16-23)34-27(8-7-26(58-34)11-12-40(2,3)67-4)28-9-10-29(44)33-35(28)61(21-42(49,50)51)60-38(33)62(68(5)65)39(64)66-14-6-13-55/h7-10,15-16,18,22,30,56-57H,6,13-14,17,19-21,55H2,1-5H3,(H,59,63)/t22-,30?,68?/m0/s1. The summed E-state index contributed by atoms with van der Waals surface area (Å²) in [7, 11) is 0. The van der Waals surface area contributed by atoms with Crippen molar-refractivity contribution in [3.63, 3.8) is 0 Å². The third kappa shape index (κ3) is 12.9. The molecule has 25 heteroatoms. The summed E-state index contributed by atoms with van der Waals surface area (Å²) in [5.74, 6) is -3.44. The Morgan fingerprint density at radius 3 is 2.35 bits per heavy atom. The fraction of sp³-hybridized carbons (Fsp3) is 0.419. The van der Waals surface area contributed by atoms with Crippen LogP contribution in [0.25, 0.3) is 22.0 Å². The molecule has 0 saturated heterocycles. The number of carbonyl (C=O) groups is 2. The highest BCUT2D eigenvalue weighted by molar-refractivity contribution is 8.00. The zero-order valence-corrected chi connectivity index (χ0v) is 39.0. The van der Waals surface area contributed by atoms with E-state index in [1.165, 1.54) is 36.0 Å². The molecule has 0 fully saturated rings. The highest BCUT2D eigenvalue weighted by Crippen LogP contribution is 2.46. The van der Waals surface area contributed by atoms with E-state index in [1.54, 1.807) is 20.1 Å². The Hall–Kier alpha value is -5.22. The molecule has 5 rings (SSSR count). The quantitative estimate of drug-likeness (QED) is 0.0281. The van der Waals surface area contributed by atoms with Crippen LogP contribution in [-0.4, -0.2) is 92.3 Å². The van der Waals surface area contributed by atoms with E-state index < -0.39 is 124 Å². The molecule has 0 saturated carbocycles. The van der Waals surface area contributed by atoms with Gasteiger partial charge in [0.2, 0.25) is 11.7 Å². The van der Waals surface area contributed by atoms with Gasteiger partial charge in [-0.1, -0.05) is 34.8 Å². The summed E-state index contributed by atoms with van der Waals surface area (Å²) in [5, 5.41) is 15.6. The fourth-order valence-electron chi connectivity index (χ4n) is 7.20. The summed E-state index contributed by atoms with van der Waals surface area (Å²) < 4.78 is 163. The van der Waals surface area contributed by atoms with E-state index in [0.717, 1.165) is 25.3 Å². The Kier molecular flexibility index (Phi) is 16.7. The zero-order chi connectivity index (χ0) is 50.7. The normalized spacial score (nSPS) is 16.0. The van der Waals surface area contributed by atoms with Crippen LogP contribution < -0.4 is 20.7 Å². The third-order valence-corrected chi connectivity index (χ3v) is 12.5. The summed E-state index contributed by atoms with van der Waals surface area (Å²) in [6, 6.07) is 5.90. The lowest BCUT2D eigenvalue weighted by atomic mass is 9.93. The van der Waals surface area contributed by atoms with Crippen molar-refractivity contribution in [3.05, 3.63) is 87.3 Å². The van der Waals surface area contributed by atoms with Crippen molar-refractivity contribution >= 4 is 69.2 Å². The van der Waals surface area contributed by atoms with Gasteiger partial charge in [-0.2, -0.15) is 35.1 Å². The number of amides is 2. The largest absolute Gasteiger partial charge is 0.593 e. The van der Waals surface area contributed by atoms with E-state index in [-0.39, 0.29) is 58.1 Å². The maximum atomic E-state index is 15.2. The van der Waals surface area contributed by atoms with Crippen molar-refractivity contribution in [2.24, 2.45) is 11.7 Å². The average Bonchev–Trinajstić information content (AvgIpc) is 3.69. The van der Waals surface area contributed by atoms with Crippen molar-refractivity contribution < 1.29 is 62.8 Å². The molecule has 2 amide bonds. The molecule has 0 bridgehead atoms. The molecule has 5 N–H and O–H groups in total. The van der Waals surface area contributed by atoms with E-state index >= 15 is 8.78 Å². The number of nitrogens with two attached hydrogens (primary N) is 1. The highest BCUT2D eigenvalue weighted by atomic mass is 35.5. The lowest BCUT2D eigenvalue weighted by Crippen LogP contribution is -2.40. The zero-order valence-electron chi connectivity index (χ0n) is 36.6. The van der Waals surface area contributed by atoms with Gasteiger partial charge in [-0.25, -0.2) is 18.6 Å². The van der Waals surface area contributed by atoms with Gasteiger partial charge in [0, 0.05) is 29.2 Å². The van der Waals surface area contributed by atoms with Crippen LogP contribution in [0.2, 0.25) is 5.02 Å². The van der Waals surface area contributed by atoms with Gasteiger partial charge in [0.1, 0.15) is 35.8 Å². The van der Waals surface area contributed by atoms with E-state index in [1.807, 2.05) is 0 Å². The van der Waals surface area contributed by atoms with E-state index in [2.05, 4.69) is 32.6 Å². The summed E-state index contributed by atoms with van der Waals surface area (Å²) in [4.78, 5) is 31.9. The van der Waals surface area contributed by atoms with Gasteiger partial charge >= 0.3 is 18.4 Å². The van der Waals surface area contributed by atoms with Crippen LogP contribution >= 0.6 is 23.4 Å². The topological polar surface area (TPSA) is 174 Å². The number of hydrogen-bond acceptors (Lipinski definition) is 10. The second-order valence-electron chi connectivity index (χ2n) is 15.9. The van der Waals surface area contributed by atoms with Gasteiger partial charge < -0.3 is 25.7 Å². The Morgan fingerprint density at radius 1 is 1.12 bits per heavy atom. The second kappa shape index (κ2) is 21.2. The minimum atomic E-state index is -5.32. The third-order valence-electron chi connectivity index (χ3n) is 10.3. The number of rotatable bonds is 16. The summed E-state index contributed by atoms with van der Waals surface area (Å²) in [6.45, 7) is 1.48. The van der Waals surface area contributed by atoms with Gasteiger partial charge in [-0.3, -0.25) is 14.9 Å². The Bertz CT molecular complexity index is 2650. The minimum absolute atomic E-state index is 0.00353. The predicted octanol–water partition coefficient (Wildman–Crippen LogP) is 9.17. The summed E-state index contributed by atoms with van der Waals surface area (Å²) >= 11 is 5.68. The van der Waals surface area contributed by atoms with Crippen molar-refractivity contribution in [1.29, 1.82) is 5.41 Å². The number of pyridine rings is 1. The van der Waals surface area contributed by atoms with Gasteiger partial charge in [0.15, 0.2) is 0 Å². The number of nitrogens with one attached hydrogen (secondary N) is 3. The molecule has 68 heavy (non-hydrogen) atoms. The van der Waals surface area contributed by atoms with E-state index in [4.69, 9.17) is 27.5 Å². The molecule has 0 aliphatic heterocycles. The van der Waals surface area contributed by atoms with Gasteiger partial charge in [0.25, 0.3) is 5.92 Å². The Labute approximate surface area is 395 Å². The molecule has 1 aliphatic rings. The van der Waals surface area contributed by atoms with Crippen molar-refractivity contribution in [1.82, 2.24) is 25.4 Å². The highest BCUT2D eigenvalue weighted by Gasteiger charge is 2.51. The average molecular weight is 1030 g/mol. The molecular formula is C43H43ClF10N8O4S2. The molecule has 3 atom stereocenters. The van der Waals surface area contributed by atoms with Crippen LogP contribution in [0.15, 0.2) is 53.7 Å². The minimum Gasteiger partial charge on any atom is -0.593 e. The first-order valence-electron chi connectivity index (χ1n) is 20.2. The fourth-order valence-corrected chi connectivity index (χ4v) is 8.22. The van der Waals surface area contributed by atoms with Gasteiger partial charge in [-0.15, -0.1) is 16.9 Å². The molecule has 4 aromatic rings. The molecule has 0 spiro atoms. The van der Waals surface area contributed by atoms with E-state index in [9.17, 15) is 49.3 Å².